The molecule has 0 aliphatic heterocycles. The Morgan fingerprint density at radius 3 is 2.28 bits per heavy atom. The van der Waals surface area contributed by atoms with Crippen molar-refractivity contribution >= 4 is 6.16 Å². The van der Waals surface area contributed by atoms with Crippen molar-refractivity contribution in [2.24, 2.45) is 0 Å². The molecule has 0 aromatic heterocycles. The fraction of sp³-hybridized carbons (Fsp3) is 0.500. The van der Waals surface area contributed by atoms with E-state index in [-0.39, 0.29) is 0 Å². The highest BCUT2D eigenvalue weighted by Crippen LogP contribution is 2.28. The van der Waals surface area contributed by atoms with Gasteiger partial charge in [-0.25, -0.2) is 4.79 Å². The van der Waals surface area contributed by atoms with E-state index in [9.17, 15) is 5.11 Å². The number of benzene rings is 1. The Bertz CT molecular complexity index is 368. The van der Waals surface area contributed by atoms with E-state index in [0.717, 1.165) is 18.4 Å². The fourth-order valence-corrected chi connectivity index (χ4v) is 1.76. The third-order valence-electron chi connectivity index (χ3n) is 2.59. The molecule has 0 atom stereocenters. The molecule has 0 heterocycles. The minimum absolute atomic E-state index is 0.463. The van der Waals surface area contributed by atoms with Crippen molar-refractivity contribution in [1.29, 1.82) is 0 Å². The molecule has 0 saturated heterocycles. The van der Waals surface area contributed by atoms with Crippen LogP contribution >= 0.6 is 0 Å². The highest BCUT2D eigenvalue weighted by atomic mass is 16.6. The summed E-state index contributed by atoms with van der Waals surface area (Å²) in [6.07, 6.45) is 1.49. The second-order valence-electron chi connectivity index (χ2n) is 4.39. The van der Waals surface area contributed by atoms with Gasteiger partial charge in [0.25, 0.3) is 0 Å². The van der Waals surface area contributed by atoms with Gasteiger partial charge in [0.2, 0.25) is 0 Å². The van der Waals surface area contributed by atoms with Gasteiger partial charge in [0, 0.05) is 0 Å². The number of unbranched alkanes of at least 4 members (excludes halogenated alkanes) is 1. The number of phenols is 1. The number of carboxylic acid groups (broad SMARTS) is 2. The highest BCUT2D eigenvalue weighted by Gasteiger charge is 2.09. The molecule has 3 N–H and O–H groups in total. The lowest BCUT2D eigenvalue weighted by atomic mass is 9.93. The van der Waals surface area contributed by atoms with Crippen molar-refractivity contribution in [3.63, 3.8) is 0 Å². The standard InChI is InChI=1S/C13H20O.CH2O3/c1-4-5-7-12-11(10(2)3)8-6-9-13(12)14;2-1(3)4/h6,8-10,14H,4-5,7H2,1-3H3;(H2,2,3,4). The molecule has 0 aliphatic rings. The van der Waals surface area contributed by atoms with Crippen LogP contribution in [0.1, 0.15) is 50.7 Å². The van der Waals surface area contributed by atoms with Gasteiger partial charge in [-0.3, -0.25) is 0 Å². The smallest absolute Gasteiger partial charge is 0.503 e. The normalized spacial score (nSPS) is 9.78. The van der Waals surface area contributed by atoms with Crippen LogP contribution in [0.4, 0.5) is 4.79 Å². The van der Waals surface area contributed by atoms with Crippen LogP contribution < -0.4 is 0 Å². The van der Waals surface area contributed by atoms with Gasteiger partial charge in [-0.1, -0.05) is 39.3 Å². The molecule has 0 saturated carbocycles. The van der Waals surface area contributed by atoms with Crippen molar-refractivity contribution in [3.05, 3.63) is 29.3 Å². The molecule has 0 unspecified atom stereocenters. The van der Waals surface area contributed by atoms with Gasteiger partial charge in [-0.05, 0) is 36.0 Å². The fourth-order valence-electron chi connectivity index (χ4n) is 1.76. The third-order valence-corrected chi connectivity index (χ3v) is 2.59. The summed E-state index contributed by atoms with van der Waals surface area (Å²) in [4.78, 5) is 8.56. The Morgan fingerprint density at radius 1 is 1.28 bits per heavy atom. The number of hydrogen-bond donors (Lipinski definition) is 3. The summed E-state index contributed by atoms with van der Waals surface area (Å²) < 4.78 is 0. The Kier molecular flexibility index (Phi) is 7.59. The van der Waals surface area contributed by atoms with Crippen molar-refractivity contribution < 1.29 is 20.1 Å². The Hall–Kier alpha value is -1.71. The Balaban J connectivity index is 0.000000631. The van der Waals surface area contributed by atoms with Crippen LogP contribution in [0.5, 0.6) is 5.75 Å². The second-order valence-corrected chi connectivity index (χ2v) is 4.39. The lowest BCUT2D eigenvalue weighted by Gasteiger charge is -2.13. The molecule has 0 radical (unpaired) electrons. The van der Waals surface area contributed by atoms with Gasteiger partial charge in [-0.2, -0.15) is 0 Å². The summed E-state index contributed by atoms with van der Waals surface area (Å²) in [6, 6.07) is 5.84. The summed E-state index contributed by atoms with van der Waals surface area (Å²) in [5, 5.41) is 23.7. The maximum atomic E-state index is 9.77. The van der Waals surface area contributed by atoms with Crippen LogP contribution in [0.15, 0.2) is 18.2 Å². The number of aromatic hydroxyl groups is 1. The topological polar surface area (TPSA) is 77.8 Å². The Morgan fingerprint density at radius 2 is 1.83 bits per heavy atom. The lowest BCUT2D eigenvalue weighted by Crippen LogP contribution is -1.96. The second kappa shape index (κ2) is 8.39. The number of rotatable bonds is 4. The molecule has 0 fully saturated rings. The summed E-state index contributed by atoms with van der Waals surface area (Å²) in [5.41, 5.74) is 2.43. The van der Waals surface area contributed by atoms with Gasteiger partial charge in [-0.15, -0.1) is 0 Å². The zero-order valence-corrected chi connectivity index (χ0v) is 11.2. The molecule has 1 rings (SSSR count). The first-order valence-corrected chi connectivity index (χ1v) is 6.12. The summed E-state index contributed by atoms with van der Waals surface area (Å²) in [5.74, 6) is 0.957. The number of carbonyl (C=O) groups is 1. The number of hydrogen-bond acceptors (Lipinski definition) is 2. The maximum Gasteiger partial charge on any atom is 0.503 e. The van der Waals surface area contributed by atoms with E-state index in [2.05, 4.69) is 26.8 Å². The summed E-state index contributed by atoms with van der Waals surface area (Å²) in [7, 11) is 0. The minimum Gasteiger partial charge on any atom is -0.508 e. The minimum atomic E-state index is -1.83. The first-order valence-electron chi connectivity index (χ1n) is 6.12. The van der Waals surface area contributed by atoms with Crippen molar-refractivity contribution in [2.75, 3.05) is 0 Å². The van der Waals surface area contributed by atoms with Crippen LogP contribution in [0.25, 0.3) is 0 Å². The predicted octanol–water partition coefficient (Wildman–Crippen LogP) is 4.08. The monoisotopic (exact) mass is 254 g/mol. The van der Waals surface area contributed by atoms with Crippen LogP contribution in [0, 0.1) is 0 Å². The third kappa shape index (κ3) is 6.13. The van der Waals surface area contributed by atoms with Crippen molar-refractivity contribution in [3.8, 4) is 5.75 Å². The van der Waals surface area contributed by atoms with Crippen LogP contribution in [0.2, 0.25) is 0 Å². The molecule has 18 heavy (non-hydrogen) atoms. The highest BCUT2D eigenvalue weighted by molar-refractivity contribution is 5.53. The molecular weight excluding hydrogens is 232 g/mol. The first-order chi connectivity index (χ1) is 8.40. The van der Waals surface area contributed by atoms with E-state index in [0.29, 0.717) is 11.7 Å². The van der Waals surface area contributed by atoms with E-state index in [1.54, 1.807) is 6.07 Å². The zero-order valence-electron chi connectivity index (χ0n) is 11.2. The molecule has 1 aromatic carbocycles. The van der Waals surface area contributed by atoms with Gasteiger partial charge in [0.1, 0.15) is 5.75 Å². The largest absolute Gasteiger partial charge is 0.508 e. The number of phenolic OH excluding ortho intramolecular Hbond substituents is 1. The first kappa shape index (κ1) is 16.3. The SMILES string of the molecule is CCCCc1c(O)cccc1C(C)C.O=C(O)O. The van der Waals surface area contributed by atoms with Crippen LogP contribution in [-0.2, 0) is 6.42 Å². The molecular formula is C14H22O4. The van der Waals surface area contributed by atoms with E-state index in [1.165, 1.54) is 12.0 Å². The summed E-state index contributed by atoms with van der Waals surface area (Å²) in [6.45, 7) is 6.52. The van der Waals surface area contributed by atoms with Gasteiger partial charge >= 0.3 is 6.16 Å². The maximum absolute atomic E-state index is 9.77. The molecule has 0 spiro atoms. The van der Waals surface area contributed by atoms with E-state index < -0.39 is 6.16 Å². The molecule has 4 heteroatoms. The Labute approximate surface area is 108 Å². The van der Waals surface area contributed by atoms with Crippen LogP contribution in [0.3, 0.4) is 0 Å². The molecule has 0 bridgehead atoms. The van der Waals surface area contributed by atoms with Gasteiger partial charge in [0.05, 0.1) is 0 Å². The molecule has 0 aliphatic carbocycles. The predicted molar refractivity (Wildman–Crippen MR) is 71.5 cm³/mol. The van der Waals surface area contributed by atoms with E-state index in [4.69, 9.17) is 15.0 Å². The van der Waals surface area contributed by atoms with Gasteiger partial charge < -0.3 is 15.3 Å². The molecule has 0 amide bonds. The van der Waals surface area contributed by atoms with Crippen LogP contribution in [-0.4, -0.2) is 21.5 Å². The molecule has 4 nitrogen and oxygen atoms in total. The summed E-state index contributed by atoms with van der Waals surface area (Å²) >= 11 is 0. The van der Waals surface area contributed by atoms with Crippen molar-refractivity contribution in [2.45, 2.75) is 46.0 Å². The van der Waals surface area contributed by atoms with E-state index >= 15 is 0 Å². The molecule has 102 valence electrons. The van der Waals surface area contributed by atoms with E-state index in [1.807, 2.05) is 6.07 Å². The average Bonchev–Trinajstić information content (AvgIpc) is 2.26. The zero-order chi connectivity index (χ0) is 14.1. The quantitative estimate of drug-likeness (QED) is 0.756. The molecule has 1 aromatic rings. The van der Waals surface area contributed by atoms with Crippen molar-refractivity contribution in [1.82, 2.24) is 0 Å². The average molecular weight is 254 g/mol. The van der Waals surface area contributed by atoms with Gasteiger partial charge in [0.15, 0.2) is 0 Å². The lowest BCUT2D eigenvalue weighted by molar-refractivity contribution is 0.137.